The number of hydrogen-bond donors (Lipinski definition) is 0. The molecule has 0 spiro atoms. The summed E-state index contributed by atoms with van der Waals surface area (Å²) in [6, 6.07) is 0.00861. The van der Waals surface area contributed by atoms with Crippen molar-refractivity contribution in [3.05, 3.63) is 24.0 Å². The quantitative estimate of drug-likeness (QED) is 0.662. The number of carbonyl (C=O) groups excluding carboxylic acids is 1. The summed E-state index contributed by atoms with van der Waals surface area (Å²) in [6.45, 7) is 10.8. The highest BCUT2D eigenvalue weighted by Gasteiger charge is 2.24. The smallest absolute Gasteiger partial charge is 0.300 e. The minimum atomic E-state index is 0.00861. The van der Waals surface area contributed by atoms with Gasteiger partial charge >= 0.3 is 6.03 Å². The van der Waals surface area contributed by atoms with Gasteiger partial charge in [0.15, 0.2) is 0 Å². The molecule has 0 N–H and O–H groups in total. The van der Waals surface area contributed by atoms with E-state index in [-0.39, 0.29) is 6.03 Å². The van der Waals surface area contributed by atoms with Crippen LogP contribution in [0.15, 0.2) is 24.0 Å². The van der Waals surface area contributed by atoms with Gasteiger partial charge in [0.25, 0.3) is 0 Å². The molecule has 0 aliphatic carbocycles. The van der Waals surface area contributed by atoms with Crippen LogP contribution >= 0.6 is 0 Å². The maximum Gasteiger partial charge on any atom is 0.328 e. The summed E-state index contributed by atoms with van der Waals surface area (Å²) in [5.41, 5.74) is 1.84. The predicted molar refractivity (Wildman–Crippen MR) is 57.6 cm³/mol. The second-order valence-corrected chi connectivity index (χ2v) is 4.15. The monoisotopic (exact) mass is 194 g/mol. The molecule has 78 valence electrons. The predicted octanol–water partition coefficient (Wildman–Crippen LogP) is 2.43. The summed E-state index contributed by atoms with van der Waals surface area (Å²) in [7, 11) is 1.76. The summed E-state index contributed by atoms with van der Waals surface area (Å²) < 4.78 is 0. The van der Waals surface area contributed by atoms with Gasteiger partial charge in [-0.1, -0.05) is 20.4 Å². The van der Waals surface area contributed by atoms with Gasteiger partial charge in [-0.3, -0.25) is 4.90 Å². The highest BCUT2D eigenvalue weighted by atomic mass is 16.2. The molecule has 1 aliphatic rings. The van der Waals surface area contributed by atoms with E-state index in [2.05, 4.69) is 20.4 Å². The molecule has 0 aromatic heterocycles. The molecule has 0 atom stereocenters. The molecule has 0 aromatic rings. The Kier molecular flexibility index (Phi) is 2.99. The molecule has 1 heterocycles. The fourth-order valence-electron chi connectivity index (χ4n) is 1.46. The lowest BCUT2D eigenvalue weighted by atomic mass is 10.1. The molecule has 1 aliphatic heterocycles. The van der Waals surface area contributed by atoms with E-state index < -0.39 is 0 Å². The van der Waals surface area contributed by atoms with E-state index in [0.717, 1.165) is 17.8 Å². The fourth-order valence-corrected chi connectivity index (χ4v) is 1.46. The van der Waals surface area contributed by atoms with Crippen LogP contribution in [0.1, 0.15) is 20.8 Å². The van der Waals surface area contributed by atoms with Crippen molar-refractivity contribution in [1.82, 2.24) is 9.80 Å². The van der Waals surface area contributed by atoms with Gasteiger partial charge in [-0.25, -0.2) is 4.79 Å². The number of amides is 2. The second kappa shape index (κ2) is 3.86. The minimum absolute atomic E-state index is 0.00861. The first kappa shape index (κ1) is 10.8. The number of nitrogens with zero attached hydrogens (tertiary/aromatic N) is 2. The van der Waals surface area contributed by atoms with Crippen molar-refractivity contribution in [2.24, 2.45) is 5.92 Å². The minimum Gasteiger partial charge on any atom is -0.300 e. The van der Waals surface area contributed by atoms with Crippen molar-refractivity contribution in [3.63, 3.8) is 0 Å². The maximum atomic E-state index is 11.8. The second-order valence-electron chi connectivity index (χ2n) is 4.15. The van der Waals surface area contributed by atoms with E-state index in [0.29, 0.717) is 5.92 Å². The molecule has 3 nitrogen and oxygen atoms in total. The van der Waals surface area contributed by atoms with Gasteiger partial charge < -0.3 is 4.90 Å². The molecule has 14 heavy (non-hydrogen) atoms. The number of likely N-dealkylation sites (N-methyl/N-ethyl adjacent to an activating group) is 1. The average molecular weight is 194 g/mol. The van der Waals surface area contributed by atoms with Crippen molar-refractivity contribution < 1.29 is 4.79 Å². The van der Waals surface area contributed by atoms with Gasteiger partial charge in [0.05, 0.1) is 0 Å². The lowest BCUT2D eigenvalue weighted by Crippen LogP contribution is -2.42. The topological polar surface area (TPSA) is 23.6 Å². The van der Waals surface area contributed by atoms with Crippen molar-refractivity contribution in [1.29, 1.82) is 0 Å². The Labute approximate surface area is 85.7 Å². The Morgan fingerprint density at radius 1 is 1.50 bits per heavy atom. The van der Waals surface area contributed by atoms with Crippen LogP contribution in [0.5, 0.6) is 0 Å². The molecule has 0 radical (unpaired) electrons. The summed E-state index contributed by atoms with van der Waals surface area (Å²) in [4.78, 5) is 15.1. The molecule has 1 rings (SSSR count). The zero-order chi connectivity index (χ0) is 10.9. The van der Waals surface area contributed by atoms with Crippen LogP contribution in [0.3, 0.4) is 0 Å². The van der Waals surface area contributed by atoms with E-state index in [1.54, 1.807) is 16.8 Å². The molecule has 0 unspecified atom stereocenters. The van der Waals surface area contributed by atoms with Crippen molar-refractivity contribution in [2.75, 3.05) is 13.6 Å². The van der Waals surface area contributed by atoms with Gasteiger partial charge in [0, 0.05) is 25.5 Å². The average Bonchev–Trinajstić information content (AvgIpc) is 2.10. The molecular weight excluding hydrogens is 176 g/mol. The first-order valence-corrected chi connectivity index (χ1v) is 4.85. The van der Waals surface area contributed by atoms with Crippen molar-refractivity contribution in [3.8, 4) is 0 Å². The van der Waals surface area contributed by atoms with E-state index in [1.165, 1.54) is 0 Å². The molecule has 0 fully saturated rings. The third-order valence-corrected chi connectivity index (χ3v) is 2.30. The lowest BCUT2D eigenvalue weighted by Gasteiger charge is -2.33. The number of carbonyl (C=O) groups is 1. The molecular formula is C11H18N2O. The van der Waals surface area contributed by atoms with Crippen LogP contribution in [0.25, 0.3) is 0 Å². The maximum absolute atomic E-state index is 11.8. The third kappa shape index (κ3) is 1.97. The van der Waals surface area contributed by atoms with Crippen LogP contribution in [-0.4, -0.2) is 29.4 Å². The molecule has 3 heteroatoms. The lowest BCUT2D eigenvalue weighted by molar-refractivity contribution is 0.182. The van der Waals surface area contributed by atoms with Gasteiger partial charge in [-0.15, -0.1) is 0 Å². The fraction of sp³-hybridized carbons (Fsp3) is 0.545. The number of urea groups is 1. The van der Waals surface area contributed by atoms with E-state index >= 15 is 0 Å². The van der Waals surface area contributed by atoms with E-state index in [1.807, 2.05) is 13.1 Å². The van der Waals surface area contributed by atoms with Crippen molar-refractivity contribution in [2.45, 2.75) is 20.8 Å². The molecule has 0 saturated heterocycles. The Morgan fingerprint density at radius 3 is 2.57 bits per heavy atom. The first-order chi connectivity index (χ1) is 6.43. The zero-order valence-corrected chi connectivity index (χ0v) is 9.37. The van der Waals surface area contributed by atoms with Crippen LogP contribution < -0.4 is 0 Å². The SMILES string of the molecule is C=C1C(C)=CN(CC(C)C)C(=O)N1C. The number of hydrogen-bond acceptors (Lipinski definition) is 1. The summed E-state index contributed by atoms with van der Waals surface area (Å²) >= 11 is 0. The summed E-state index contributed by atoms with van der Waals surface area (Å²) in [5.74, 6) is 0.475. The normalized spacial score (nSPS) is 17.9. The van der Waals surface area contributed by atoms with Gasteiger partial charge in [-0.2, -0.15) is 0 Å². The molecule has 0 saturated carbocycles. The van der Waals surface area contributed by atoms with E-state index in [9.17, 15) is 4.79 Å². The number of rotatable bonds is 2. The Bertz CT molecular complexity index is 292. The summed E-state index contributed by atoms with van der Waals surface area (Å²) in [5, 5.41) is 0. The summed E-state index contributed by atoms with van der Waals surface area (Å²) in [6.07, 6.45) is 1.88. The van der Waals surface area contributed by atoms with Gasteiger partial charge in [0.2, 0.25) is 0 Å². The van der Waals surface area contributed by atoms with Crippen molar-refractivity contribution >= 4 is 6.03 Å². The number of allylic oxidation sites excluding steroid dienone is 1. The Hall–Kier alpha value is -1.25. The highest BCUT2D eigenvalue weighted by molar-refractivity contribution is 5.80. The van der Waals surface area contributed by atoms with Crippen LogP contribution in [0, 0.1) is 5.92 Å². The molecule has 0 bridgehead atoms. The Balaban J connectivity index is 2.88. The van der Waals surface area contributed by atoms with Crippen LogP contribution in [-0.2, 0) is 0 Å². The van der Waals surface area contributed by atoms with Gasteiger partial charge in [0.1, 0.15) is 0 Å². The molecule has 0 aromatic carbocycles. The van der Waals surface area contributed by atoms with E-state index in [4.69, 9.17) is 0 Å². The van der Waals surface area contributed by atoms with Gasteiger partial charge in [-0.05, 0) is 18.4 Å². The zero-order valence-electron chi connectivity index (χ0n) is 9.37. The van der Waals surface area contributed by atoms with Crippen LogP contribution in [0.4, 0.5) is 4.79 Å². The molecule has 2 amide bonds. The standard InChI is InChI=1S/C11H18N2O/c1-8(2)6-13-7-9(3)10(4)12(5)11(13)14/h7-8H,4,6H2,1-3,5H3. The Morgan fingerprint density at radius 2 is 2.07 bits per heavy atom. The largest absolute Gasteiger partial charge is 0.328 e. The highest BCUT2D eigenvalue weighted by Crippen LogP contribution is 2.20. The first-order valence-electron chi connectivity index (χ1n) is 4.85. The third-order valence-electron chi connectivity index (χ3n) is 2.30. The van der Waals surface area contributed by atoms with Crippen LogP contribution in [0.2, 0.25) is 0 Å².